The van der Waals surface area contributed by atoms with Crippen LogP contribution in [0.3, 0.4) is 0 Å². The highest BCUT2D eigenvalue weighted by Gasteiger charge is 2.11. The van der Waals surface area contributed by atoms with Gasteiger partial charge in [-0.2, -0.15) is 0 Å². The molecule has 0 aromatic heterocycles. The zero-order valence-corrected chi connectivity index (χ0v) is 8.56. The summed E-state index contributed by atoms with van der Waals surface area (Å²) in [5.41, 5.74) is -0.105. The largest absolute Gasteiger partial charge is 0.268 e. The summed E-state index contributed by atoms with van der Waals surface area (Å²) in [7, 11) is 0. The molecule has 0 radical (unpaired) electrons. The first-order valence-electron chi connectivity index (χ1n) is 2.71. The molecule has 0 saturated carbocycles. The summed E-state index contributed by atoms with van der Waals surface area (Å²) >= 11 is 11.5. The molecule has 0 fully saturated rings. The van der Waals surface area contributed by atoms with E-state index in [1.54, 1.807) is 6.66 Å². The second-order valence-corrected chi connectivity index (χ2v) is 9.20. The van der Waals surface area contributed by atoms with Crippen LogP contribution in [0, 0.1) is 0 Å². The predicted octanol–water partition coefficient (Wildman–Crippen LogP) is 3.92. The molecule has 0 unspecified atom stereocenters. The quantitative estimate of drug-likeness (QED) is 0.510. The van der Waals surface area contributed by atoms with E-state index < -0.39 is 5.76 Å². The van der Waals surface area contributed by atoms with Gasteiger partial charge in [0.15, 0.2) is 0 Å². The molecule has 0 saturated heterocycles. The average molecular weight is 188 g/mol. The van der Waals surface area contributed by atoms with E-state index in [0.717, 1.165) is 0 Å². The maximum Gasteiger partial charge on any atom is 0.134 e. The van der Waals surface area contributed by atoms with Crippen LogP contribution < -0.4 is 0 Å². The van der Waals surface area contributed by atoms with E-state index in [1.807, 2.05) is 20.8 Å². The normalized spacial score (nSPS) is 13.6. The summed E-state index contributed by atoms with van der Waals surface area (Å²) in [5, 5.41) is 0. The minimum absolute atomic E-state index is 0.105. The lowest BCUT2D eigenvalue weighted by atomic mass is 10.1. The van der Waals surface area contributed by atoms with E-state index in [9.17, 15) is 0 Å². The van der Waals surface area contributed by atoms with Crippen molar-refractivity contribution >= 4 is 28.2 Å². The highest BCUT2D eigenvalue weighted by molar-refractivity contribution is 8.09. The van der Waals surface area contributed by atoms with E-state index in [2.05, 4.69) is 4.74 Å². The molecule has 56 valence electrons. The van der Waals surface area contributed by atoms with Gasteiger partial charge in [0.05, 0.1) is 5.54 Å². The van der Waals surface area contributed by atoms with Gasteiger partial charge in [0, 0.05) is 0 Å². The average Bonchev–Trinajstić information content (AvgIpc) is 1.14. The van der Waals surface area contributed by atoms with E-state index in [0.29, 0.717) is 0 Å². The Balaban J connectivity index is 4.32. The molecule has 0 aromatic carbocycles. The minimum atomic E-state index is -1.97. The van der Waals surface area contributed by atoms with Crippen molar-refractivity contribution in [1.29, 1.82) is 0 Å². The number of rotatable bonds is 0. The molecule has 9 heavy (non-hydrogen) atoms. The summed E-state index contributed by atoms with van der Waals surface area (Å²) in [6, 6.07) is 0. The molecule has 0 bridgehead atoms. The first kappa shape index (κ1) is 9.81. The van der Waals surface area contributed by atoms with Crippen LogP contribution in [0.4, 0.5) is 0 Å². The topological polar surface area (TPSA) is 12.4 Å². The molecule has 0 aliphatic rings. The van der Waals surface area contributed by atoms with Gasteiger partial charge < -0.3 is 0 Å². The van der Waals surface area contributed by atoms with Gasteiger partial charge in [-0.15, -0.1) is 0 Å². The van der Waals surface area contributed by atoms with Crippen molar-refractivity contribution in [3.05, 3.63) is 0 Å². The predicted molar refractivity (Wildman–Crippen MR) is 46.7 cm³/mol. The molecule has 0 spiro atoms. The van der Waals surface area contributed by atoms with Crippen molar-refractivity contribution in [2.75, 3.05) is 6.66 Å². The maximum absolute atomic E-state index is 5.73. The molecule has 0 aliphatic carbocycles. The molecule has 0 heterocycles. The van der Waals surface area contributed by atoms with Gasteiger partial charge in [0.25, 0.3) is 0 Å². The van der Waals surface area contributed by atoms with E-state index in [1.165, 1.54) is 0 Å². The van der Waals surface area contributed by atoms with Crippen molar-refractivity contribution < 1.29 is 0 Å². The number of nitrogens with zero attached hydrogens (tertiary/aromatic N) is 1. The maximum atomic E-state index is 5.73. The van der Waals surface area contributed by atoms with Crippen LogP contribution in [0.5, 0.6) is 0 Å². The van der Waals surface area contributed by atoms with Gasteiger partial charge in [0.2, 0.25) is 0 Å². The summed E-state index contributed by atoms with van der Waals surface area (Å²) in [6.07, 6.45) is 0. The van der Waals surface area contributed by atoms with E-state index in [4.69, 9.17) is 22.5 Å². The highest BCUT2D eigenvalue weighted by Crippen LogP contribution is 2.57. The summed E-state index contributed by atoms with van der Waals surface area (Å²) in [5.74, 6) is -1.97. The fourth-order valence-corrected chi connectivity index (χ4v) is 2.94. The van der Waals surface area contributed by atoms with Crippen molar-refractivity contribution in [3.8, 4) is 0 Å². The molecular formula is C5H12Cl2NP. The van der Waals surface area contributed by atoms with Crippen molar-refractivity contribution in [1.82, 2.24) is 0 Å². The minimum Gasteiger partial charge on any atom is -0.268 e. The Morgan fingerprint density at radius 2 is 1.56 bits per heavy atom. The Kier molecular flexibility index (Phi) is 3.07. The second kappa shape index (κ2) is 2.82. The van der Waals surface area contributed by atoms with Gasteiger partial charge in [-0.25, -0.2) is 0 Å². The Hall–Kier alpha value is 0.810. The Morgan fingerprint density at radius 3 is 1.56 bits per heavy atom. The first-order chi connectivity index (χ1) is 3.71. The van der Waals surface area contributed by atoms with Crippen LogP contribution in [0.25, 0.3) is 0 Å². The number of hydrogen-bond acceptors (Lipinski definition) is 1. The third-order valence-electron chi connectivity index (χ3n) is 0.476. The van der Waals surface area contributed by atoms with Crippen molar-refractivity contribution in [2.45, 2.75) is 26.3 Å². The van der Waals surface area contributed by atoms with Crippen molar-refractivity contribution in [3.63, 3.8) is 0 Å². The fourth-order valence-electron chi connectivity index (χ4n) is 0.527. The van der Waals surface area contributed by atoms with Crippen LogP contribution in [-0.2, 0) is 0 Å². The Bertz CT molecular complexity index is 133. The molecule has 0 amide bonds. The molecule has 0 N–H and O–H groups in total. The monoisotopic (exact) mass is 187 g/mol. The fraction of sp³-hybridized carbons (Fsp3) is 1.00. The van der Waals surface area contributed by atoms with E-state index in [-0.39, 0.29) is 5.54 Å². The van der Waals surface area contributed by atoms with Crippen LogP contribution in [0.2, 0.25) is 0 Å². The first-order valence-corrected chi connectivity index (χ1v) is 6.71. The molecule has 0 atom stereocenters. The smallest absolute Gasteiger partial charge is 0.134 e. The van der Waals surface area contributed by atoms with Gasteiger partial charge in [-0.05, 0) is 27.4 Å². The lowest BCUT2D eigenvalue weighted by Crippen LogP contribution is -2.07. The SMILES string of the molecule is CC(C)(C)N=P(C)(Cl)Cl. The van der Waals surface area contributed by atoms with Crippen LogP contribution in [-0.4, -0.2) is 12.2 Å². The molecule has 1 nitrogen and oxygen atoms in total. The second-order valence-electron chi connectivity index (χ2n) is 3.02. The van der Waals surface area contributed by atoms with Gasteiger partial charge in [-0.3, -0.25) is 4.74 Å². The Labute approximate surface area is 66.4 Å². The van der Waals surface area contributed by atoms with Crippen LogP contribution in [0.15, 0.2) is 4.74 Å². The summed E-state index contributed by atoms with van der Waals surface area (Å²) in [6.45, 7) is 7.71. The zero-order valence-electron chi connectivity index (χ0n) is 6.15. The zero-order chi connectivity index (χ0) is 7.71. The van der Waals surface area contributed by atoms with Crippen LogP contribution in [0.1, 0.15) is 20.8 Å². The van der Waals surface area contributed by atoms with Crippen LogP contribution >= 0.6 is 28.2 Å². The lowest BCUT2D eigenvalue weighted by Gasteiger charge is -2.14. The molecule has 0 aliphatic heterocycles. The molecule has 0 aromatic rings. The molecule has 0 rings (SSSR count). The van der Waals surface area contributed by atoms with Gasteiger partial charge >= 0.3 is 0 Å². The lowest BCUT2D eigenvalue weighted by molar-refractivity contribution is 0.592. The van der Waals surface area contributed by atoms with E-state index >= 15 is 0 Å². The number of hydrogen-bond donors (Lipinski definition) is 0. The van der Waals surface area contributed by atoms with Gasteiger partial charge in [-0.1, -0.05) is 22.5 Å². The third-order valence-corrected chi connectivity index (χ3v) is 1.88. The standard InChI is InChI=1S/C5H12Cl2NP/c1-5(2,3)8-9(4,6)7/h1-4H3. The van der Waals surface area contributed by atoms with Gasteiger partial charge in [0.1, 0.15) is 5.76 Å². The number of halogens is 2. The molecular weight excluding hydrogens is 176 g/mol. The Morgan fingerprint density at radius 1 is 1.22 bits per heavy atom. The summed E-state index contributed by atoms with van der Waals surface area (Å²) < 4.78 is 4.18. The summed E-state index contributed by atoms with van der Waals surface area (Å²) in [4.78, 5) is 0. The highest BCUT2D eigenvalue weighted by atomic mass is 35.9. The molecule has 4 heteroatoms. The third kappa shape index (κ3) is 8.81. The van der Waals surface area contributed by atoms with Crippen molar-refractivity contribution in [2.24, 2.45) is 4.74 Å².